The first-order chi connectivity index (χ1) is 5.31. The number of hydrazone groups is 1. The van der Waals surface area contributed by atoms with Gasteiger partial charge in [0.25, 0.3) is 0 Å². The average Bonchev–Trinajstić information content (AvgIpc) is 2.01. The molecular weight excluding hydrogens is 148 g/mol. The van der Waals surface area contributed by atoms with Gasteiger partial charge in [-0.05, 0) is 6.92 Å². The first kappa shape index (κ1) is 9.86. The quantitative estimate of drug-likeness (QED) is 0.222. The van der Waals surface area contributed by atoms with Crippen LogP contribution in [-0.2, 0) is 4.74 Å². The molecular formula is C5H12N4O2. The maximum Gasteiger partial charge on any atom is 0.349 e. The summed E-state index contributed by atoms with van der Waals surface area (Å²) >= 11 is 0. The van der Waals surface area contributed by atoms with Gasteiger partial charge in [0.15, 0.2) is 0 Å². The number of hydrazine groups is 1. The van der Waals surface area contributed by atoms with E-state index in [0.29, 0.717) is 0 Å². The molecule has 0 saturated carbocycles. The monoisotopic (exact) mass is 160 g/mol. The van der Waals surface area contributed by atoms with Crippen LogP contribution in [0.15, 0.2) is 5.10 Å². The van der Waals surface area contributed by atoms with E-state index in [9.17, 15) is 4.79 Å². The largest absolute Gasteiger partial charge is 0.368 e. The van der Waals surface area contributed by atoms with Crippen LogP contribution < -0.4 is 16.3 Å². The third kappa shape index (κ3) is 6.75. The molecule has 2 amide bonds. The van der Waals surface area contributed by atoms with E-state index in [1.165, 1.54) is 13.3 Å². The number of nitrogens with one attached hydrogen (secondary N) is 3. The topological polar surface area (TPSA) is 74.8 Å². The Hall–Kier alpha value is -1.14. The van der Waals surface area contributed by atoms with Crippen LogP contribution in [0, 0.1) is 0 Å². The smallest absolute Gasteiger partial charge is 0.349 e. The van der Waals surface area contributed by atoms with Gasteiger partial charge in [-0.15, -0.1) is 0 Å². The van der Waals surface area contributed by atoms with Gasteiger partial charge in [0, 0.05) is 13.3 Å². The van der Waals surface area contributed by atoms with Gasteiger partial charge in [-0.3, -0.25) is 5.43 Å². The summed E-state index contributed by atoms with van der Waals surface area (Å²) in [6.07, 6.45) is 1.47. The number of hydrogen-bond donors (Lipinski definition) is 3. The van der Waals surface area contributed by atoms with E-state index in [1.807, 2.05) is 0 Å². The van der Waals surface area contributed by atoms with Crippen LogP contribution in [0.1, 0.15) is 6.92 Å². The lowest BCUT2D eigenvalue weighted by atomic mass is 10.9. The minimum atomic E-state index is -0.430. The number of carbonyl (C=O) groups is 1. The highest BCUT2D eigenvalue weighted by Crippen LogP contribution is 1.61. The zero-order chi connectivity index (χ0) is 8.53. The molecule has 0 aliphatic heterocycles. The molecule has 0 bridgehead atoms. The molecule has 0 radical (unpaired) electrons. The summed E-state index contributed by atoms with van der Waals surface area (Å²) in [5.41, 5.74) is 6.96. The highest BCUT2D eigenvalue weighted by atomic mass is 16.5. The SMILES string of the molecule is CC=NNC(=O)NNCOC. The molecule has 0 rings (SSSR count). The van der Waals surface area contributed by atoms with Crippen LogP contribution in [-0.4, -0.2) is 26.1 Å². The van der Waals surface area contributed by atoms with Gasteiger partial charge in [0.1, 0.15) is 6.73 Å². The molecule has 3 N–H and O–H groups in total. The summed E-state index contributed by atoms with van der Waals surface area (Å²) in [5.74, 6) is 0. The van der Waals surface area contributed by atoms with Crippen molar-refractivity contribution < 1.29 is 9.53 Å². The molecule has 0 fully saturated rings. The summed E-state index contributed by atoms with van der Waals surface area (Å²) in [6.45, 7) is 1.95. The molecule has 11 heavy (non-hydrogen) atoms. The van der Waals surface area contributed by atoms with Crippen molar-refractivity contribution in [1.82, 2.24) is 16.3 Å². The predicted molar refractivity (Wildman–Crippen MR) is 40.8 cm³/mol. The van der Waals surface area contributed by atoms with E-state index in [-0.39, 0.29) is 6.73 Å². The third-order valence-electron chi connectivity index (χ3n) is 0.714. The maximum absolute atomic E-state index is 10.6. The number of hydrogen-bond acceptors (Lipinski definition) is 4. The molecule has 6 nitrogen and oxygen atoms in total. The lowest BCUT2D eigenvalue weighted by Gasteiger charge is -2.03. The normalized spacial score (nSPS) is 10.0. The van der Waals surface area contributed by atoms with Crippen LogP contribution in [0.4, 0.5) is 4.79 Å². The second-order valence-electron chi connectivity index (χ2n) is 1.56. The van der Waals surface area contributed by atoms with Gasteiger partial charge < -0.3 is 4.74 Å². The van der Waals surface area contributed by atoms with E-state index in [4.69, 9.17) is 0 Å². The summed E-state index contributed by atoms with van der Waals surface area (Å²) in [7, 11) is 1.51. The van der Waals surface area contributed by atoms with Crippen molar-refractivity contribution in [2.75, 3.05) is 13.8 Å². The molecule has 0 aliphatic carbocycles. The molecule has 0 aliphatic rings. The Kier molecular flexibility index (Phi) is 6.25. The Bertz CT molecular complexity index is 136. The van der Waals surface area contributed by atoms with Gasteiger partial charge >= 0.3 is 6.03 Å². The molecule has 64 valence electrons. The van der Waals surface area contributed by atoms with Crippen molar-refractivity contribution in [1.29, 1.82) is 0 Å². The van der Waals surface area contributed by atoms with E-state index in [0.717, 1.165) is 0 Å². The lowest BCUT2D eigenvalue weighted by Crippen LogP contribution is -2.43. The molecule has 0 heterocycles. The summed E-state index contributed by atoms with van der Waals surface area (Å²) < 4.78 is 4.60. The summed E-state index contributed by atoms with van der Waals surface area (Å²) in [4.78, 5) is 10.6. The minimum Gasteiger partial charge on any atom is -0.368 e. The Morgan fingerprint density at radius 1 is 1.73 bits per heavy atom. The number of urea groups is 1. The number of nitrogens with zero attached hydrogens (tertiary/aromatic N) is 1. The maximum atomic E-state index is 10.6. The van der Waals surface area contributed by atoms with E-state index >= 15 is 0 Å². The van der Waals surface area contributed by atoms with Gasteiger partial charge in [0.2, 0.25) is 0 Å². The first-order valence-corrected chi connectivity index (χ1v) is 3.06. The zero-order valence-corrected chi connectivity index (χ0v) is 6.55. The molecule has 0 saturated heterocycles. The lowest BCUT2D eigenvalue weighted by molar-refractivity contribution is 0.161. The third-order valence-corrected chi connectivity index (χ3v) is 0.714. The number of carbonyl (C=O) groups excluding carboxylic acids is 1. The van der Waals surface area contributed by atoms with Crippen molar-refractivity contribution in [3.63, 3.8) is 0 Å². The Morgan fingerprint density at radius 2 is 2.45 bits per heavy atom. The zero-order valence-electron chi connectivity index (χ0n) is 6.55. The second-order valence-corrected chi connectivity index (χ2v) is 1.56. The van der Waals surface area contributed by atoms with Crippen LogP contribution in [0.3, 0.4) is 0 Å². The van der Waals surface area contributed by atoms with Crippen molar-refractivity contribution >= 4 is 12.2 Å². The van der Waals surface area contributed by atoms with E-state index in [1.54, 1.807) is 6.92 Å². The highest BCUT2D eigenvalue weighted by molar-refractivity contribution is 5.73. The molecule has 0 spiro atoms. The second kappa shape index (κ2) is 6.97. The van der Waals surface area contributed by atoms with E-state index < -0.39 is 6.03 Å². The van der Waals surface area contributed by atoms with Crippen molar-refractivity contribution in [3.05, 3.63) is 0 Å². The Labute approximate surface area is 65.0 Å². The van der Waals surface area contributed by atoms with E-state index in [2.05, 4.69) is 26.1 Å². The molecule has 0 aromatic heterocycles. The van der Waals surface area contributed by atoms with Crippen LogP contribution in [0.25, 0.3) is 0 Å². The minimum absolute atomic E-state index is 0.253. The number of amides is 2. The number of rotatable bonds is 4. The summed E-state index contributed by atoms with van der Waals surface area (Å²) in [5, 5.41) is 3.48. The fourth-order valence-corrected chi connectivity index (χ4v) is 0.340. The predicted octanol–water partition coefficient (Wildman–Crippen LogP) is -0.600. The summed E-state index contributed by atoms with van der Waals surface area (Å²) in [6, 6.07) is -0.430. The van der Waals surface area contributed by atoms with Crippen LogP contribution in [0.5, 0.6) is 0 Å². The van der Waals surface area contributed by atoms with Gasteiger partial charge in [-0.1, -0.05) is 0 Å². The van der Waals surface area contributed by atoms with Gasteiger partial charge in [0.05, 0.1) is 0 Å². The van der Waals surface area contributed by atoms with Crippen molar-refractivity contribution in [2.45, 2.75) is 6.92 Å². The fraction of sp³-hybridized carbons (Fsp3) is 0.600. The van der Waals surface area contributed by atoms with Crippen LogP contribution >= 0.6 is 0 Å². The first-order valence-electron chi connectivity index (χ1n) is 3.06. The number of ether oxygens (including phenoxy) is 1. The van der Waals surface area contributed by atoms with Crippen molar-refractivity contribution in [3.8, 4) is 0 Å². The standard InChI is InChI=1S/C5H12N4O2/c1-3-6-8-5(10)9-7-4-11-2/h3,7H,4H2,1-2H3,(H2,8,9,10). The molecule has 0 aromatic rings. The number of methoxy groups -OCH3 is 1. The molecule has 0 unspecified atom stereocenters. The Balaban J connectivity index is 3.23. The fourth-order valence-electron chi connectivity index (χ4n) is 0.340. The van der Waals surface area contributed by atoms with Crippen LogP contribution in [0.2, 0.25) is 0 Å². The molecule has 0 aromatic carbocycles. The van der Waals surface area contributed by atoms with Crippen molar-refractivity contribution in [2.24, 2.45) is 5.10 Å². The molecule has 6 heteroatoms. The molecule has 0 atom stereocenters. The van der Waals surface area contributed by atoms with Gasteiger partial charge in [-0.25, -0.2) is 15.6 Å². The average molecular weight is 160 g/mol. The Morgan fingerprint density at radius 3 is 3.00 bits per heavy atom. The highest BCUT2D eigenvalue weighted by Gasteiger charge is 1.92. The van der Waals surface area contributed by atoms with Gasteiger partial charge in [-0.2, -0.15) is 5.10 Å².